The molecule has 1 unspecified atom stereocenters. The molecule has 1 atom stereocenters. The Morgan fingerprint density at radius 1 is 1.09 bits per heavy atom. The first-order chi connectivity index (χ1) is 15.3. The van der Waals surface area contributed by atoms with Crippen molar-refractivity contribution in [3.63, 3.8) is 0 Å². The topological polar surface area (TPSA) is 81.0 Å². The Bertz CT molecular complexity index is 1290. The van der Waals surface area contributed by atoms with Crippen LogP contribution in [0.15, 0.2) is 70.8 Å². The number of nitriles is 1. The fraction of sp³-hybridized carbons (Fsp3) is 0.259. The smallest absolute Gasteiger partial charge is 0.259 e. The molecule has 3 aromatic rings. The van der Waals surface area contributed by atoms with Gasteiger partial charge >= 0.3 is 0 Å². The van der Waals surface area contributed by atoms with E-state index in [4.69, 9.17) is 10.5 Å². The predicted molar refractivity (Wildman–Crippen MR) is 126 cm³/mol. The number of pyridine rings is 1. The summed E-state index contributed by atoms with van der Waals surface area (Å²) < 4.78 is 7.49. The van der Waals surface area contributed by atoms with E-state index in [1.807, 2.05) is 68.4 Å². The van der Waals surface area contributed by atoms with Crippen LogP contribution < -0.4 is 16.0 Å². The van der Waals surface area contributed by atoms with Gasteiger partial charge in [0.05, 0.1) is 18.0 Å². The second kappa shape index (κ2) is 8.39. The third kappa shape index (κ3) is 3.80. The van der Waals surface area contributed by atoms with E-state index in [0.29, 0.717) is 23.8 Å². The van der Waals surface area contributed by atoms with Crippen molar-refractivity contribution in [1.82, 2.24) is 4.57 Å². The lowest BCUT2D eigenvalue weighted by Crippen LogP contribution is -2.33. The highest BCUT2D eigenvalue weighted by molar-refractivity contribution is 5.55. The van der Waals surface area contributed by atoms with Crippen LogP contribution in [0.25, 0.3) is 0 Å². The largest absolute Gasteiger partial charge is 0.440 e. The molecule has 4 rings (SSSR count). The van der Waals surface area contributed by atoms with Gasteiger partial charge in [-0.05, 0) is 36.5 Å². The first-order valence-corrected chi connectivity index (χ1v) is 10.8. The standard InChI is InChI=1S/C27H27N3O2/c1-16(2)20-9-11-21(12-10-20)24-22(14-28)26(29)32-23-13-18(4)30(27(31)25(23)24)15-19-7-5-17(3)6-8-19/h5-13,16,24H,15,29H2,1-4H3. The van der Waals surface area contributed by atoms with E-state index in [9.17, 15) is 10.1 Å². The van der Waals surface area contributed by atoms with Gasteiger partial charge in [-0.1, -0.05) is 67.9 Å². The number of aryl methyl sites for hydroxylation is 2. The van der Waals surface area contributed by atoms with Crippen molar-refractivity contribution < 1.29 is 4.74 Å². The minimum atomic E-state index is -0.567. The Hall–Kier alpha value is -3.78. The lowest BCUT2D eigenvalue weighted by molar-refractivity contribution is 0.389. The fourth-order valence-electron chi connectivity index (χ4n) is 4.17. The van der Waals surface area contributed by atoms with Gasteiger partial charge in [-0.15, -0.1) is 0 Å². The number of nitrogens with zero attached hydrogens (tertiary/aromatic N) is 2. The summed E-state index contributed by atoms with van der Waals surface area (Å²) in [6, 6.07) is 20.2. The molecule has 0 radical (unpaired) electrons. The maximum absolute atomic E-state index is 13.7. The predicted octanol–water partition coefficient (Wildman–Crippen LogP) is 4.86. The summed E-state index contributed by atoms with van der Waals surface area (Å²) in [4.78, 5) is 13.7. The molecule has 32 heavy (non-hydrogen) atoms. The molecule has 2 aromatic carbocycles. The SMILES string of the molecule is Cc1ccc(Cn2c(C)cc3c(c2=O)C(c2ccc(C(C)C)cc2)C(C#N)=C(N)O3)cc1. The summed E-state index contributed by atoms with van der Waals surface area (Å²) in [5.74, 6) is 0.286. The van der Waals surface area contributed by atoms with Crippen LogP contribution in [0.5, 0.6) is 5.75 Å². The number of hydrogen-bond donors (Lipinski definition) is 1. The summed E-state index contributed by atoms with van der Waals surface area (Å²) in [5.41, 5.74) is 11.7. The van der Waals surface area contributed by atoms with Crippen molar-refractivity contribution in [2.75, 3.05) is 0 Å². The van der Waals surface area contributed by atoms with Crippen LogP contribution in [0.1, 0.15) is 59.2 Å². The van der Waals surface area contributed by atoms with Crippen LogP contribution in [0.3, 0.4) is 0 Å². The molecule has 0 spiro atoms. The average Bonchev–Trinajstić information content (AvgIpc) is 2.77. The van der Waals surface area contributed by atoms with Gasteiger partial charge < -0.3 is 15.0 Å². The highest BCUT2D eigenvalue weighted by Crippen LogP contribution is 2.40. The van der Waals surface area contributed by atoms with E-state index in [-0.39, 0.29) is 17.0 Å². The Morgan fingerprint density at radius 2 is 1.75 bits per heavy atom. The number of nitrogens with two attached hydrogens (primary N) is 1. The number of ether oxygens (including phenoxy) is 1. The van der Waals surface area contributed by atoms with E-state index in [0.717, 1.165) is 16.8 Å². The molecule has 2 heterocycles. The zero-order valence-electron chi connectivity index (χ0n) is 18.8. The van der Waals surface area contributed by atoms with Gasteiger partial charge in [-0.25, -0.2) is 0 Å². The number of rotatable bonds is 4. The highest BCUT2D eigenvalue weighted by atomic mass is 16.5. The van der Waals surface area contributed by atoms with Crippen LogP contribution in [-0.4, -0.2) is 4.57 Å². The Kier molecular flexibility index (Phi) is 5.63. The van der Waals surface area contributed by atoms with Crippen molar-refractivity contribution in [2.45, 2.75) is 46.1 Å². The summed E-state index contributed by atoms with van der Waals surface area (Å²) in [6.07, 6.45) is 0. The maximum Gasteiger partial charge on any atom is 0.259 e. The molecular weight excluding hydrogens is 398 g/mol. The summed E-state index contributed by atoms with van der Waals surface area (Å²) in [6.45, 7) is 8.62. The van der Waals surface area contributed by atoms with Crippen LogP contribution in [0.2, 0.25) is 0 Å². The van der Waals surface area contributed by atoms with Crippen molar-refractivity contribution in [2.24, 2.45) is 5.73 Å². The zero-order valence-corrected chi connectivity index (χ0v) is 18.8. The molecule has 5 heteroatoms. The first-order valence-electron chi connectivity index (χ1n) is 10.8. The summed E-state index contributed by atoms with van der Waals surface area (Å²) >= 11 is 0. The van der Waals surface area contributed by atoms with Gasteiger partial charge in [0.1, 0.15) is 17.4 Å². The number of allylic oxidation sites excluding steroid dienone is 1. The van der Waals surface area contributed by atoms with Gasteiger partial charge in [-0.2, -0.15) is 5.26 Å². The molecule has 1 aromatic heterocycles. The van der Waals surface area contributed by atoms with Crippen molar-refractivity contribution in [1.29, 1.82) is 5.26 Å². The van der Waals surface area contributed by atoms with Crippen molar-refractivity contribution >= 4 is 0 Å². The molecule has 2 N–H and O–H groups in total. The third-order valence-corrected chi connectivity index (χ3v) is 6.09. The quantitative estimate of drug-likeness (QED) is 0.648. The monoisotopic (exact) mass is 425 g/mol. The number of benzene rings is 2. The van der Waals surface area contributed by atoms with Crippen LogP contribution in [-0.2, 0) is 6.54 Å². The van der Waals surface area contributed by atoms with E-state index in [2.05, 4.69) is 19.9 Å². The van der Waals surface area contributed by atoms with Gasteiger partial charge in [-0.3, -0.25) is 4.79 Å². The molecule has 0 bridgehead atoms. The minimum Gasteiger partial charge on any atom is -0.440 e. The molecule has 0 saturated heterocycles. The van der Waals surface area contributed by atoms with E-state index in [1.165, 1.54) is 11.1 Å². The fourth-order valence-corrected chi connectivity index (χ4v) is 4.17. The van der Waals surface area contributed by atoms with Crippen molar-refractivity contribution in [3.05, 3.63) is 110 Å². The second-order valence-electron chi connectivity index (χ2n) is 8.69. The molecule has 0 saturated carbocycles. The summed E-state index contributed by atoms with van der Waals surface area (Å²) in [7, 11) is 0. The maximum atomic E-state index is 13.7. The van der Waals surface area contributed by atoms with Crippen LogP contribution >= 0.6 is 0 Å². The average molecular weight is 426 g/mol. The lowest BCUT2D eigenvalue weighted by Gasteiger charge is -2.27. The molecule has 0 fully saturated rings. The molecule has 0 amide bonds. The van der Waals surface area contributed by atoms with E-state index >= 15 is 0 Å². The summed E-state index contributed by atoms with van der Waals surface area (Å²) in [5, 5.41) is 9.86. The van der Waals surface area contributed by atoms with Gasteiger partial charge in [0.2, 0.25) is 5.88 Å². The number of aromatic nitrogens is 1. The highest BCUT2D eigenvalue weighted by Gasteiger charge is 2.34. The Morgan fingerprint density at radius 3 is 2.34 bits per heavy atom. The van der Waals surface area contributed by atoms with Gasteiger partial charge in [0.15, 0.2) is 0 Å². The van der Waals surface area contributed by atoms with Crippen molar-refractivity contribution in [3.8, 4) is 11.8 Å². The van der Waals surface area contributed by atoms with Gasteiger partial charge in [0, 0.05) is 11.8 Å². The minimum absolute atomic E-state index is 0.0491. The molecule has 1 aliphatic heterocycles. The molecule has 162 valence electrons. The molecule has 0 aliphatic carbocycles. The number of fused-ring (bicyclic) bond motifs is 1. The van der Waals surface area contributed by atoms with E-state index in [1.54, 1.807) is 4.57 Å². The third-order valence-electron chi connectivity index (χ3n) is 6.09. The lowest BCUT2D eigenvalue weighted by atomic mass is 9.83. The molecule has 1 aliphatic rings. The van der Waals surface area contributed by atoms with E-state index < -0.39 is 5.92 Å². The normalized spacial score (nSPS) is 15.3. The Labute approximate surface area is 188 Å². The molecule has 5 nitrogen and oxygen atoms in total. The Balaban J connectivity index is 1.88. The van der Waals surface area contributed by atoms with Crippen LogP contribution in [0.4, 0.5) is 0 Å². The molecular formula is C27H27N3O2. The van der Waals surface area contributed by atoms with Gasteiger partial charge in [0.25, 0.3) is 5.56 Å². The number of hydrogen-bond acceptors (Lipinski definition) is 4. The van der Waals surface area contributed by atoms with Crippen LogP contribution in [0, 0.1) is 25.2 Å². The zero-order chi connectivity index (χ0) is 23.0. The first kappa shape index (κ1) is 21.5. The second-order valence-corrected chi connectivity index (χ2v) is 8.69.